The average molecular weight is 389 g/mol. The maximum Gasteiger partial charge on any atom is 0.222 e. The van der Waals surface area contributed by atoms with Crippen molar-refractivity contribution in [3.05, 3.63) is 70.2 Å². The van der Waals surface area contributed by atoms with Crippen LogP contribution in [0.1, 0.15) is 43.5 Å². The van der Waals surface area contributed by atoms with Crippen LogP contribution in [-0.2, 0) is 9.59 Å². The van der Waals surface area contributed by atoms with Crippen LogP contribution in [0.3, 0.4) is 0 Å². The maximum atomic E-state index is 12.4. The first-order chi connectivity index (χ1) is 11.5. The maximum absolute atomic E-state index is 12.4. The molecule has 0 unspecified atom stereocenters. The molecule has 0 saturated carbocycles. The minimum absolute atomic E-state index is 0.110. The topological polar surface area (TPSA) is 58.2 Å². The van der Waals surface area contributed by atoms with Gasteiger partial charge in [-0.2, -0.15) is 0 Å². The fourth-order valence-electron chi connectivity index (χ4n) is 2.57. The van der Waals surface area contributed by atoms with Crippen molar-refractivity contribution in [1.82, 2.24) is 10.6 Å². The third kappa shape index (κ3) is 5.20. The van der Waals surface area contributed by atoms with Gasteiger partial charge in [0, 0.05) is 11.4 Å². The molecular formula is C19H21BrN2O2. The second kappa shape index (κ2) is 8.64. The van der Waals surface area contributed by atoms with Gasteiger partial charge in [-0.1, -0.05) is 64.5 Å². The average Bonchev–Trinajstić information content (AvgIpc) is 2.55. The summed E-state index contributed by atoms with van der Waals surface area (Å²) in [5, 5.41) is 5.83. The molecule has 2 amide bonds. The zero-order valence-electron chi connectivity index (χ0n) is 13.8. The molecule has 0 aliphatic heterocycles. The fourth-order valence-corrected chi connectivity index (χ4v) is 3.20. The number of carbonyl (C=O) groups excluding carboxylic acids is 2. The first kappa shape index (κ1) is 18.2. The minimum Gasteiger partial charge on any atom is -0.349 e. The molecule has 2 atom stereocenters. The van der Waals surface area contributed by atoms with Gasteiger partial charge in [0.15, 0.2) is 0 Å². The van der Waals surface area contributed by atoms with Gasteiger partial charge in [0.2, 0.25) is 11.8 Å². The van der Waals surface area contributed by atoms with Crippen molar-refractivity contribution in [2.24, 2.45) is 0 Å². The SMILES string of the molecule is CC(=O)N[C@H](CC(=O)N[C@H](C)c1ccccc1Br)c1ccccc1. The molecule has 5 heteroatoms. The van der Waals surface area contributed by atoms with E-state index in [0.717, 1.165) is 15.6 Å². The van der Waals surface area contributed by atoms with Gasteiger partial charge in [-0.05, 0) is 24.1 Å². The molecule has 126 valence electrons. The summed E-state index contributed by atoms with van der Waals surface area (Å²) >= 11 is 3.50. The van der Waals surface area contributed by atoms with E-state index in [4.69, 9.17) is 0 Å². The summed E-state index contributed by atoms with van der Waals surface area (Å²) in [5.41, 5.74) is 1.93. The molecule has 0 spiro atoms. The zero-order chi connectivity index (χ0) is 17.5. The largest absolute Gasteiger partial charge is 0.349 e. The van der Waals surface area contributed by atoms with Gasteiger partial charge in [0.05, 0.1) is 18.5 Å². The highest BCUT2D eigenvalue weighted by Gasteiger charge is 2.19. The van der Waals surface area contributed by atoms with Gasteiger partial charge in [0.25, 0.3) is 0 Å². The molecule has 0 bridgehead atoms. The molecule has 24 heavy (non-hydrogen) atoms. The Hall–Kier alpha value is -2.14. The number of carbonyl (C=O) groups is 2. The van der Waals surface area contributed by atoms with Gasteiger partial charge >= 0.3 is 0 Å². The summed E-state index contributed by atoms with van der Waals surface area (Å²) in [5.74, 6) is -0.267. The van der Waals surface area contributed by atoms with Crippen LogP contribution >= 0.6 is 15.9 Å². The van der Waals surface area contributed by atoms with E-state index in [9.17, 15) is 9.59 Å². The molecule has 0 fully saturated rings. The molecule has 0 aliphatic carbocycles. The molecular weight excluding hydrogens is 368 g/mol. The normalized spacial score (nSPS) is 13.0. The minimum atomic E-state index is -0.338. The summed E-state index contributed by atoms with van der Waals surface area (Å²) in [6, 6.07) is 16.8. The van der Waals surface area contributed by atoms with Crippen LogP contribution in [0.4, 0.5) is 0 Å². The van der Waals surface area contributed by atoms with E-state index in [0.29, 0.717) is 0 Å². The van der Waals surface area contributed by atoms with Gasteiger partial charge in [-0.3, -0.25) is 9.59 Å². The summed E-state index contributed by atoms with van der Waals surface area (Å²) < 4.78 is 0.958. The van der Waals surface area contributed by atoms with Crippen LogP contribution < -0.4 is 10.6 Å². The predicted molar refractivity (Wildman–Crippen MR) is 98.3 cm³/mol. The summed E-state index contributed by atoms with van der Waals surface area (Å²) in [4.78, 5) is 23.9. The summed E-state index contributed by atoms with van der Waals surface area (Å²) in [7, 11) is 0. The Labute approximate surface area is 150 Å². The number of nitrogens with one attached hydrogen (secondary N) is 2. The molecule has 2 rings (SSSR count). The van der Waals surface area contributed by atoms with E-state index >= 15 is 0 Å². The van der Waals surface area contributed by atoms with E-state index in [2.05, 4.69) is 26.6 Å². The Balaban J connectivity index is 2.05. The van der Waals surface area contributed by atoms with Crippen LogP contribution in [0.5, 0.6) is 0 Å². The van der Waals surface area contributed by atoms with Crippen molar-refractivity contribution >= 4 is 27.7 Å². The van der Waals surface area contributed by atoms with Gasteiger partial charge in [0.1, 0.15) is 0 Å². The highest BCUT2D eigenvalue weighted by molar-refractivity contribution is 9.10. The van der Waals surface area contributed by atoms with Crippen LogP contribution in [0.2, 0.25) is 0 Å². The highest BCUT2D eigenvalue weighted by atomic mass is 79.9. The Morgan fingerprint density at radius 1 is 1.00 bits per heavy atom. The molecule has 0 saturated heterocycles. The van der Waals surface area contributed by atoms with Gasteiger partial charge in [-0.15, -0.1) is 0 Å². The summed E-state index contributed by atoms with van der Waals surface area (Å²) in [6.45, 7) is 3.39. The second-order valence-corrected chi connectivity index (χ2v) is 6.53. The Kier molecular flexibility index (Phi) is 6.55. The number of benzene rings is 2. The standard InChI is InChI=1S/C19H21BrN2O2/c1-13(16-10-6-7-11-17(16)20)21-19(24)12-18(22-14(2)23)15-8-4-3-5-9-15/h3-11,13,18H,12H2,1-2H3,(H,21,24)(H,22,23)/t13-,18-/m1/s1. The van der Waals surface area contributed by atoms with E-state index in [1.165, 1.54) is 6.92 Å². The third-order valence-electron chi connectivity index (χ3n) is 3.72. The zero-order valence-corrected chi connectivity index (χ0v) is 15.3. The van der Waals surface area contributed by atoms with Gasteiger partial charge in [-0.25, -0.2) is 0 Å². The lowest BCUT2D eigenvalue weighted by Crippen LogP contribution is -2.33. The lowest BCUT2D eigenvalue weighted by Gasteiger charge is -2.20. The lowest BCUT2D eigenvalue weighted by atomic mass is 10.0. The molecule has 2 aromatic rings. The predicted octanol–water partition coefficient (Wildman–Crippen LogP) is 3.89. The van der Waals surface area contributed by atoms with Crippen LogP contribution in [0.25, 0.3) is 0 Å². The quantitative estimate of drug-likeness (QED) is 0.788. The molecule has 0 radical (unpaired) electrons. The van der Waals surface area contributed by atoms with Crippen molar-refractivity contribution < 1.29 is 9.59 Å². The highest BCUT2D eigenvalue weighted by Crippen LogP contribution is 2.23. The molecule has 0 aliphatic rings. The molecule has 4 nitrogen and oxygen atoms in total. The molecule has 2 aromatic carbocycles. The Morgan fingerprint density at radius 3 is 2.25 bits per heavy atom. The number of amides is 2. The first-order valence-electron chi connectivity index (χ1n) is 7.83. The fraction of sp³-hybridized carbons (Fsp3) is 0.263. The number of hydrogen-bond acceptors (Lipinski definition) is 2. The van der Waals surface area contributed by atoms with E-state index < -0.39 is 0 Å². The Morgan fingerprint density at radius 2 is 1.62 bits per heavy atom. The number of halogens is 1. The molecule has 0 aromatic heterocycles. The number of rotatable bonds is 6. The molecule has 0 heterocycles. The summed E-state index contributed by atoms with van der Waals surface area (Å²) in [6.07, 6.45) is 0.193. The number of hydrogen-bond donors (Lipinski definition) is 2. The van der Waals surface area contributed by atoms with Crippen molar-refractivity contribution in [3.63, 3.8) is 0 Å². The van der Waals surface area contributed by atoms with E-state index in [1.54, 1.807) is 0 Å². The van der Waals surface area contributed by atoms with Crippen LogP contribution in [-0.4, -0.2) is 11.8 Å². The lowest BCUT2D eigenvalue weighted by molar-refractivity contribution is -0.123. The van der Waals surface area contributed by atoms with Crippen LogP contribution in [0.15, 0.2) is 59.1 Å². The van der Waals surface area contributed by atoms with Crippen LogP contribution in [0, 0.1) is 0 Å². The van der Waals surface area contributed by atoms with Crippen molar-refractivity contribution in [2.45, 2.75) is 32.4 Å². The van der Waals surface area contributed by atoms with E-state index in [-0.39, 0.29) is 30.3 Å². The first-order valence-corrected chi connectivity index (χ1v) is 8.62. The molecule has 2 N–H and O–H groups in total. The van der Waals surface area contributed by atoms with Crippen molar-refractivity contribution in [2.75, 3.05) is 0 Å². The smallest absolute Gasteiger partial charge is 0.222 e. The monoisotopic (exact) mass is 388 g/mol. The van der Waals surface area contributed by atoms with Crippen molar-refractivity contribution in [1.29, 1.82) is 0 Å². The van der Waals surface area contributed by atoms with Crippen molar-refractivity contribution in [3.8, 4) is 0 Å². The third-order valence-corrected chi connectivity index (χ3v) is 4.44. The Bertz CT molecular complexity index is 704. The second-order valence-electron chi connectivity index (χ2n) is 5.68. The van der Waals surface area contributed by atoms with Gasteiger partial charge < -0.3 is 10.6 Å². The van der Waals surface area contributed by atoms with E-state index in [1.807, 2.05) is 61.5 Å².